The van der Waals surface area contributed by atoms with Gasteiger partial charge in [-0.3, -0.25) is 9.67 Å². The molecule has 2 rings (SSSR count). The average Bonchev–Trinajstić information content (AvgIpc) is 2.78. The van der Waals surface area contributed by atoms with Crippen molar-refractivity contribution < 1.29 is 8.78 Å². The molecular formula is C11H8F2N4S. The molecule has 0 aliphatic heterocycles. The maximum absolute atomic E-state index is 13.4. The third-order valence-corrected chi connectivity index (χ3v) is 2.21. The topological polar surface area (TPSA) is 43.1 Å². The molecule has 0 saturated carbocycles. The Morgan fingerprint density at radius 1 is 1.44 bits per heavy atom. The van der Waals surface area contributed by atoms with E-state index >= 15 is 0 Å². The van der Waals surface area contributed by atoms with E-state index in [0.29, 0.717) is 5.82 Å². The number of hydrogen-bond acceptors (Lipinski definition) is 4. The zero-order chi connectivity index (χ0) is 13.0. The Morgan fingerprint density at radius 3 is 3.00 bits per heavy atom. The van der Waals surface area contributed by atoms with Crippen LogP contribution >= 0.6 is 12.2 Å². The third kappa shape index (κ3) is 3.01. The van der Waals surface area contributed by atoms with Gasteiger partial charge >= 0.3 is 0 Å². The number of rotatable bonds is 4. The lowest BCUT2D eigenvalue weighted by molar-refractivity contribution is 0.542. The first-order valence-corrected chi connectivity index (χ1v) is 5.47. The largest absolute Gasteiger partial charge is 0.264 e. The molecule has 0 amide bonds. The molecule has 0 bridgehead atoms. The Morgan fingerprint density at radius 2 is 2.28 bits per heavy atom. The van der Waals surface area contributed by atoms with Crippen LogP contribution in [0.5, 0.6) is 0 Å². The van der Waals surface area contributed by atoms with Crippen LogP contribution in [0.15, 0.2) is 29.5 Å². The van der Waals surface area contributed by atoms with Crippen molar-refractivity contribution >= 4 is 29.6 Å². The van der Waals surface area contributed by atoms with Crippen molar-refractivity contribution in [2.75, 3.05) is 0 Å². The van der Waals surface area contributed by atoms with Gasteiger partial charge in [-0.15, -0.1) is 0 Å². The predicted octanol–water partition coefficient (Wildman–Crippen LogP) is 2.31. The van der Waals surface area contributed by atoms with Gasteiger partial charge in [0.1, 0.15) is 11.6 Å². The van der Waals surface area contributed by atoms with Gasteiger partial charge in [-0.25, -0.2) is 13.8 Å². The molecule has 0 spiro atoms. The summed E-state index contributed by atoms with van der Waals surface area (Å²) in [6.07, 6.45) is 4.02. The molecule has 0 fully saturated rings. The molecule has 92 valence electrons. The van der Waals surface area contributed by atoms with Gasteiger partial charge in [0, 0.05) is 29.9 Å². The second kappa shape index (κ2) is 5.54. The lowest BCUT2D eigenvalue weighted by Crippen LogP contribution is -2.05. The van der Waals surface area contributed by atoms with E-state index in [0.717, 1.165) is 12.3 Å². The summed E-state index contributed by atoms with van der Waals surface area (Å²) in [6, 6.07) is 2.44. The molecule has 0 aliphatic rings. The Labute approximate surface area is 107 Å². The predicted molar refractivity (Wildman–Crippen MR) is 67.3 cm³/mol. The van der Waals surface area contributed by atoms with E-state index in [1.54, 1.807) is 12.3 Å². The molecule has 4 nitrogen and oxygen atoms in total. The number of aromatic nitrogens is 3. The van der Waals surface area contributed by atoms with Crippen LogP contribution in [-0.4, -0.2) is 26.3 Å². The molecule has 0 N–H and O–H groups in total. The highest BCUT2D eigenvalue weighted by molar-refractivity contribution is 7.80. The van der Waals surface area contributed by atoms with Gasteiger partial charge < -0.3 is 0 Å². The summed E-state index contributed by atoms with van der Waals surface area (Å²) in [5, 5.41) is 5.42. The minimum Gasteiger partial charge on any atom is -0.264 e. The van der Waals surface area contributed by atoms with Crippen LogP contribution in [0.2, 0.25) is 0 Å². The van der Waals surface area contributed by atoms with Crippen LogP contribution in [0, 0.1) is 11.6 Å². The van der Waals surface area contributed by atoms with Crippen molar-refractivity contribution in [1.82, 2.24) is 14.8 Å². The summed E-state index contributed by atoms with van der Waals surface area (Å²) in [5.41, 5.74) is 0.116. The van der Waals surface area contributed by atoms with Gasteiger partial charge in [0.25, 0.3) is 0 Å². The number of aliphatic imine (C=N–C) groups is 1. The van der Waals surface area contributed by atoms with E-state index in [4.69, 9.17) is 0 Å². The molecule has 2 heterocycles. The van der Waals surface area contributed by atoms with Gasteiger partial charge in [-0.05, 0) is 0 Å². The second-order valence-electron chi connectivity index (χ2n) is 3.37. The first-order valence-electron chi connectivity index (χ1n) is 5.00. The van der Waals surface area contributed by atoms with E-state index in [1.807, 2.05) is 0 Å². The van der Waals surface area contributed by atoms with E-state index in [1.165, 1.54) is 16.3 Å². The molecule has 0 aliphatic carbocycles. The number of thiocarbonyl (C=S) groups is 1. The van der Waals surface area contributed by atoms with Crippen molar-refractivity contribution in [2.24, 2.45) is 4.99 Å². The monoisotopic (exact) mass is 266 g/mol. The van der Waals surface area contributed by atoms with E-state index in [9.17, 15) is 8.78 Å². The zero-order valence-electron chi connectivity index (χ0n) is 9.12. The van der Waals surface area contributed by atoms with E-state index in [2.05, 4.69) is 27.3 Å². The number of halogens is 2. The molecular weight excluding hydrogens is 258 g/mol. The van der Waals surface area contributed by atoms with Crippen molar-refractivity contribution in [3.05, 3.63) is 41.9 Å². The Hall–Kier alpha value is -2.02. The molecule has 7 heteroatoms. The summed E-state index contributed by atoms with van der Waals surface area (Å²) in [6.45, 7) is 0.110. The molecule has 0 saturated heterocycles. The van der Waals surface area contributed by atoms with Gasteiger partial charge in [0.15, 0.2) is 5.82 Å². The second-order valence-corrected chi connectivity index (χ2v) is 3.64. The quantitative estimate of drug-likeness (QED) is 0.630. The Bertz CT molecular complexity index is 594. The first-order chi connectivity index (χ1) is 8.69. The molecule has 2 aromatic rings. The van der Waals surface area contributed by atoms with Crippen molar-refractivity contribution in [3.63, 3.8) is 0 Å². The maximum atomic E-state index is 13.4. The van der Waals surface area contributed by atoms with Gasteiger partial charge in [0.2, 0.25) is 0 Å². The molecule has 18 heavy (non-hydrogen) atoms. The fourth-order valence-corrected chi connectivity index (χ4v) is 1.39. The summed E-state index contributed by atoms with van der Waals surface area (Å²) < 4.78 is 27.5. The smallest absolute Gasteiger partial charge is 0.173 e. The van der Waals surface area contributed by atoms with Crippen LogP contribution in [0.3, 0.4) is 0 Å². The van der Waals surface area contributed by atoms with Gasteiger partial charge in [-0.2, -0.15) is 5.10 Å². The van der Waals surface area contributed by atoms with E-state index < -0.39 is 11.6 Å². The van der Waals surface area contributed by atoms with Crippen LogP contribution in [0.4, 0.5) is 14.6 Å². The summed E-state index contributed by atoms with van der Waals surface area (Å²) in [4.78, 5) is 7.61. The third-order valence-electron chi connectivity index (χ3n) is 2.09. The molecule has 0 aromatic carbocycles. The fourth-order valence-electron chi connectivity index (χ4n) is 1.33. The summed E-state index contributed by atoms with van der Waals surface area (Å²) >= 11 is 4.59. The lowest BCUT2D eigenvalue weighted by atomic mass is 10.3. The number of pyridine rings is 1. The summed E-state index contributed by atoms with van der Waals surface area (Å²) in [7, 11) is 0. The lowest BCUT2D eigenvalue weighted by Gasteiger charge is -2.02. The Balaban J connectivity index is 2.16. The molecule has 2 aromatic heterocycles. The van der Waals surface area contributed by atoms with Gasteiger partial charge in [0.05, 0.1) is 18.4 Å². The normalized spacial score (nSPS) is 11.0. The summed E-state index contributed by atoms with van der Waals surface area (Å²) in [5.74, 6) is -0.948. The van der Waals surface area contributed by atoms with Crippen molar-refractivity contribution in [2.45, 2.75) is 6.54 Å². The number of nitrogens with zero attached hydrogens (tertiary/aromatic N) is 4. The van der Waals surface area contributed by atoms with Crippen molar-refractivity contribution in [3.8, 4) is 0 Å². The van der Waals surface area contributed by atoms with Crippen LogP contribution in [-0.2, 0) is 6.54 Å². The highest BCUT2D eigenvalue weighted by Gasteiger charge is 2.07. The maximum Gasteiger partial charge on any atom is 0.173 e. The molecule has 0 radical (unpaired) electrons. The average molecular weight is 266 g/mol. The van der Waals surface area contributed by atoms with Crippen LogP contribution < -0.4 is 0 Å². The minimum atomic E-state index is -0.706. The highest BCUT2D eigenvalue weighted by atomic mass is 32.1. The van der Waals surface area contributed by atoms with Crippen LogP contribution in [0.25, 0.3) is 0 Å². The molecule has 0 unspecified atom stereocenters. The highest BCUT2D eigenvalue weighted by Crippen LogP contribution is 2.10. The minimum absolute atomic E-state index is 0.110. The number of hydrogen-bond donors (Lipinski definition) is 0. The molecule has 0 atom stereocenters. The first kappa shape index (κ1) is 12.4. The zero-order valence-corrected chi connectivity index (χ0v) is 9.94. The fraction of sp³-hybridized carbons (Fsp3) is 0.0909. The Kier molecular flexibility index (Phi) is 3.83. The standard InChI is InChI=1S/C11H8F2N4S/c12-8-5-9(13)10(15-6-8)7-17-3-1-11(16-17)14-2-4-18/h1-6H,7H2. The van der Waals surface area contributed by atoms with E-state index in [-0.39, 0.29) is 12.2 Å². The SMILES string of the molecule is Fc1cnc(Cn2ccc(N=CC=S)n2)c(F)c1. The van der Waals surface area contributed by atoms with Crippen molar-refractivity contribution in [1.29, 1.82) is 0 Å². The van der Waals surface area contributed by atoms with Crippen LogP contribution in [0.1, 0.15) is 5.69 Å². The van der Waals surface area contributed by atoms with Gasteiger partial charge in [-0.1, -0.05) is 12.2 Å².